The number of likely N-dealkylation sites (N-methyl/N-ethyl adjacent to an activating group) is 2. The standard InChI is InChI=1S/C11H24N2/c1-12-10-8-6-4-5-7-9-11(10)13(2)3/h10-12H,4-9H2,1-3H3/t10-,11-/m0/s1. The van der Waals surface area contributed by atoms with Gasteiger partial charge in [-0.2, -0.15) is 0 Å². The van der Waals surface area contributed by atoms with Crippen LogP contribution < -0.4 is 5.32 Å². The van der Waals surface area contributed by atoms with Crippen LogP contribution in [-0.2, 0) is 0 Å². The molecule has 2 heteroatoms. The topological polar surface area (TPSA) is 15.3 Å². The smallest absolute Gasteiger partial charge is 0.0243 e. The molecule has 2 atom stereocenters. The summed E-state index contributed by atoms with van der Waals surface area (Å²) >= 11 is 0. The largest absolute Gasteiger partial charge is 0.315 e. The Labute approximate surface area is 82.7 Å². The summed E-state index contributed by atoms with van der Waals surface area (Å²) in [7, 11) is 6.51. The summed E-state index contributed by atoms with van der Waals surface area (Å²) in [5.41, 5.74) is 0. The lowest BCUT2D eigenvalue weighted by Crippen LogP contribution is -2.46. The molecule has 2 nitrogen and oxygen atoms in total. The average molecular weight is 184 g/mol. The third kappa shape index (κ3) is 3.28. The van der Waals surface area contributed by atoms with Crippen molar-refractivity contribution in [2.75, 3.05) is 21.1 Å². The lowest BCUT2D eigenvalue weighted by Gasteiger charge is -2.33. The summed E-state index contributed by atoms with van der Waals surface area (Å²) in [5.74, 6) is 0. The van der Waals surface area contributed by atoms with Crippen molar-refractivity contribution in [1.29, 1.82) is 0 Å². The summed E-state index contributed by atoms with van der Waals surface area (Å²) < 4.78 is 0. The van der Waals surface area contributed by atoms with E-state index in [2.05, 4.69) is 31.4 Å². The van der Waals surface area contributed by atoms with Crippen LogP contribution in [0.2, 0.25) is 0 Å². The van der Waals surface area contributed by atoms with Crippen molar-refractivity contribution < 1.29 is 0 Å². The first-order valence-corrected chi connectivity index (χ1v) is 5.59. The van der Waals surface area contributed by atoms with Crippen LogP contribution >= 0.6 is 0 Å². The monoisotopic (exact) mass is 184 g/mol. The zero-order valence-corrected chi connectivity index (χ0v) is 9.34. The highest BCUT2D eigenvalue weighted by Crippen LogP contribution is 2.20. The lowest BCUT2D eigenvalue weighted by atomic mass is 9.92. The van der Waals surface area contributed by atoms with Crippen molar-refractivity contribution in [2.24, 2.45) is 0 Å². The number of hydrogen-bond acceptors (Lipinski definition) is 2. The van der Waals surface area contributed by atoms with Gasteiger partial charge in [-0.15, -0.1) is 0 Å². The van der Waals surface area contributed by atoms with Gasteiger partial charge in [0, 0.05) is 12.1 Å². The normalized spacial score (nSPS) is 31.4. The van der Waals surface area contributed by atoms with Crippen molar-refractivity contribution >= 4 is 0 Å². The van der Waals surface area contributed by atoms with E-state index in [0.717, 1.165) is 6.04 Å². The minimum Gasteiger partial charge on any atom is -0.315 e. The first-order chi connectivity index (χ1) is 6.25. The molecular formula is C11H24N2. The Morgan fingerprint density at radius 2 is 1.62 bits per heavy atom. The van der Waals surface area contributed by atoms with Gasteiger partial charge in [-0.25, -0.2) is 0 Å². The molecule has 1 aliphatic rings. The number of nitrogens with one attached hydrogen (secondary N) is 1. The van der Waals surface area contributed by atoms with Crippen molar-refractivity contribution in [2.45, 2.75) is 50.6 Å². The summed E-state index contributed by atoms with van der Waals surface area (Å²) in [5, 5.41) is 3.46. The van der Waals surface area contributed by atoms with Crippen molar-refractivity contribution in [3.05, 3.63) is 0 Å². The Hall–Kier alpha value is -0.0800. The zero-order valence-electron chi connectivity index (χ0n) is 9.34. The summed E-state index contributed by atoms with van der Waals surface area (Å²) in [6.07, 6.45) is 8.37. The second-order valence-corrected chi connectivity index (χ2v) is 4.42. The van der Waals surface area contributed by atoms with Gasteiger partial charge in [0.2, 0.25) is 0 Å². The van der Waals surface area contributed by atoms with E-state index in [1.807, 2.05) is 0 Å². The van der Waals surface area contributed by atoms with Crippen molar-refractivity contribution in [3.63, 3.8) is 0 Å². The van der Waals surface area contributed by atoms with E-state index in [4.69, 9.17) is 0 Å². The molecule has 1 aliphatic carbocycles. The molecule has 0 aromatic heterocycles. The molecule has 0 unspecified atom stereocenters. The molecule has 0 radical (unpaired) electrons. The molecule has 0 aromatic carbocycles. The Bertz CT molecular complexity index is 134. The maximum Gasteiger partial charge on any atom is 0.0243 e. The fraction of sp³-hybridized carbons (Fsp3) is 1.00. The van der Waals surface area contributed by atoms with Crippen LogP contribution in [0, 0.1) is 0 Å². The fourth-order valence-electron chi connectivity index (χ4n) is 2.42. The van der Waals surface area contributed by atoms with Crippen LogP contribution in [0.4, 0.5) is 0 Å². The van der Waals surface area contributed by atoms with Crippen molar-refractivity contribution in [3.8, 4) is 0 Å². The van der Waals surface area contributed by atoms with Gasteiger partial charge in [-0.3, -0.25) is 0 Å². The van der Waals surface area contributed by atoms with Gasteiger partial charge in [-0.05, 0) is 34.0 Å². The van der Waals surface area contributed by atoms with Gasteiger partial charge in [0.15, 0.2) is 0 Å². The molecule has 1 N–H and O–H groups in total. The van der Waals surface area contributed by atoms with E-state index in [0.29, 0.717) is 6.04 Å². The Morgan fingerprint density at radius 3 is 2.15 bits per heavy atom. The van der Waals surface area contributed by atoms with E-state index in [9.17, 15) is 0 Å². The first kappa shape index (κ1) is 11.0. The van der Waals surface area contributed by atoms with Crippen LogP contribution in [0.15, 0.2) is 0 Å². The molecule has 78 valence electrons. The Kier molecular flexibility index (Phi) is 4.74. The minimum absolute atomic E-state index is 0.704. The molecule has 1 fully saturated rings. The number of hydrogen-bond donors (Lipinski definition) is 1. The lowest BCUT2D eigenvalue weighted by molar-refractivity contribution is 0.198. The van der Waals surface area contributed by atoms with Crippen LogP contribution in [0.1, 0.15) is 38.5 Å². The van der Waals surface area contributed by atoms with Gasteiger partial charge in [0.05, 0.1) is 0 Å². The minimum atomic E-state index is 0.704. The van der Waals surface area contributed by atoms with E-state index in [1.165, 1.54) is 38.5 Å². The van der Waals surface area contributed by atoms with E-state index < -0.39 is 0 Å². The summed E-state index contributed by atoms with van der Waals surface area (Å²) in [6.45, 7) is 0. The average Bonchev–Trinajstić information content (AvgIpc) is 2.03. The highest BCUT2D eigenvalue weighted by atomic mass is 15.1. The second-order valence-electron chi connectivity index (χ2n) is 4.42. The SMILES string of the molecule is CN[C@H]1CCCCCC[C@@H]1N(C)C. The number of rotatable bonds is 2. The molecule has 0 aromatic rings. The third-order valence-corrected chi connectivity index (χ3v) is 3.26. The molecule has 0 bridgehead atoms. The molecule has 1 saturated carbocycles. The molecule has 0 heterocycles. The Balaban J connectivity index is 2.50. The Morgan fingerprint density at radius 1 is 1.00 bits per heavy atom. The molecule has 0 aliphatic heterocycles. The van der Waals surface area contributed by atoms with E-state index in [1.54, 1.807) is 0 Å². The van der Waals surface area contributed by atoms with Gasteiger partial charge in [0.1, 0.15) is 0 Å². The van der Waals surface area contributed by atoms with Crippen LogP contribution in [0.5, 0.6) is 0 Å². The molecule has 0 saturated heterocycles. The molecule has 1 rings (SSSR count). The van der Waals surface area contributed by atoms with Crippen LogP contribution in [-0.4, -0.2) is 38.1 Å². The van der Waals surface area contributed by atoms with Crippen LogP contribution in [0.25, 0.3) is 0 Å². The molecular weight excluding hydrogens is 160 g/mol. The predicted molar refractivity (Wildman–Crippen MR) is 58.0 cm³/mol. The van der Waals surface area contributed by atoms with Crippen LogP contribution in [0.3, 0.4) is 0 Å². The summed E-state index contributed by atoms with van der Waals surface area (Å²) in [4.78, 5) is 2.38. The third-order valence-electron chi connectivity index (χ3n) is 3.26. The number of nitrogens with zero attached hydrogens (tertiary/aromatic N) is 1. The maximum atomic E-state index is 3.46. The van der Waals surface area contributed by atoms with Gasteiger partial charge >= 0.3 is 0 Å². The fourth-order valence-corrected chi connectivity index (χ4v) is 2.42. The maximum absolute atomic E-state index is 3.46. The highest BCUT2D eigenvalue weighted by molar-refractivity contribution is 4.82. The van der Waals surface area contributed by atoms with Gasteiger partial charge in [0.25, 0.3) is 0 Å². The first-order valence-electron chi connectivity index (χ1n) is 5.59. The zero-order chi connectivity index (χ0) is 9.68. The van der Waals surface area contributed by atoms with Gasteiger partial charge in [-0.1, -0.05) is 25.7 Å². The molecule has 0 spiro atoms. The summed E-state index contributed by atoms with van der Waals surface area (Å²) in [6, 6.07) is 1.44. The highest BCUT2D eigenvalue weighted by Gasteiger charge is 2.22. The quantitative estimate of drug-likeness (QED) is 0.704. The molecule has 13 heavy (non-hydrogen) atoms. The molecule has 0 amide bonds. The van der Waals surface area contributed by atoms with Gasteiger partial charge < -0.3 is 10.2 Å². The predicted octanol–water partition coefficient (Wildman–Crippen LogP) is 1.86. The second kappa shape index (κ2) is 5.61. The van der Waals surface area contributed by atoms with E-state index >= 15 is 0 Å². The van der Waals surface area contributed by atoms with Crippen molar-refractivity contribution in [1.82, 2.24) is 10.2 Å². The van der Waals surface area contributed by atoms with E-state index in [-0.39, 0.29) is 0 Å².